The number of rotatable bonds is 18. The molecule has 0 aromatic rings. The predicted molar refractivity (Wildman–Crippen MR) is 210 cm³/mol. The molecule has 0 unspecified atom stereocenters. The molecule has 0 saturated carbocycles. The van der Waals surface area contributed by atoms with Crippen LogP contribution in [-0.4, -0.2) is 287 Å². The number of nitrogens with one attached hydrogen (secondary N) is 2. The minimum absolute atomic E-state index is 0.809. The molecule has 5 saturated heterocycles. The molecule has 394 valence electrons. The fraction of sp³-hybridized carbons (Fsp3) is 0.921. The topological polar surface area (TPSA) is 471 Å². The summed E-state index contributed by atoms with van der Waals surface area (Å²) >= 11 is 0. The average Bonchev–Trinajstić information content (AvgIpc) is 3.29. The highest BCUT2D eigenvalue weighted by Gasteiger charge is 2.61. The van der Waals surface area contributed by atoms with E-state index in [9.17, 15) is 91.0 Å². The number of aliphatic carboxylic acids is 1. The van der Waals surface area contributed by atoms with Crippen molar-refractivity contribution in [2.24, 2.45) is 0 Å². The second-order valence-corrected chi connectivity index (χ2v) is 17.0. The Hall–Kier alpha value is -2.55. The Balaban J connectivity index is 1.56. The zero-order chi connectivity index (χ0) is 50.7. The van der Waals surface area contributed by atoms with Crippen LogP contribution in [0.5, 0.6) is 0 Å². The molecule has 68 heavy (non-hydrogen) atoms. The molecule has 5 aliphatic heterocycles. The van der Waals surface area contributed by atoms with Gasteiger partial charge in [0.2, 0.25) is 11.8 Å². The van der Waals surface area contributed by atoms with E-state index in [-0.39, 0.29) is 0 Å². The van der Waals surface area contributed by atoms with E-state index in [1.165, 1.54) is 6.92 Å². The normalized spacial score (nSPS) is 46.6. The molecule has 17 N–H and O–H groups in total. The van der Waals surface area contributed by atoms with E-state index in [2.05, 4.69) is 10.6 Å². The summed E-state index contributed by atoms with van der Waals surface area (Å²) in [4.78, 5) is 38.0. The number of aliphatic hydroxyl groups is 14. The molecule has 0 aromatic heterocycles. The average molecular weight is 997 g/mol. The Morgan fingerprint density at radius 1 is 0.632 bits per heavy atom. The first-order valence-electron chi connectivity index (χ1n) is 21.5. The molecule has 2 amide bonds. The lowest BCUT2D eigenvalue weighted by atomic mass is 9.88. The second-order valence-electron chi connectivity index (χ2n) is 17.0. The van der Waals surface area contributed by atoms with Gasteiger partial charge in [-0.05, 0) is 6.92 Å². The van der Waals surface area contributed by atoms with Gasteiger partial charge in [-0.1, -0.05) is 0 Å². The Morgan fingerprint density at radius 2 is 1.18 bits per heavy atom. The largest absolute Gasteiger partial charge is 0.477 e. The van der Waals surface area contributed by atoms with Gasteiger partial charge in [0.1, 0.15) is 110 Å². The van der Waals surface area contributed by atoms with Crippen LogP contribution in [0.25, 0.3) is 0 Å². The van der Waals surface area contributed by atoms with Crippen molar-refractivity contribution in [3.63, 3.8) is 0 Å². The van der Waals surface area contributed by atoms with E-state index in [0.29, 0.717) is 0 Å². The van der Waals surface area contributed by atoms with Crippen molar-refractivity contribution < 1.29 is 138 Å². The molecule has 5 rings (SSSR count). The number of amides is 2. The molecule has 0 bridgehead atoms. The Kier molecular flexibility index (Phi) is 19.7. The SMILES string of the molecule is CO[C@@H]1[C@H](O[C@@H]2[C@H](NC(C)=O)[C@H](O[C@@H]3[C@@H](O)[C@H](O)O[C@H](CO)[C@@H]3O)O[C@H](CO)[C@H]2O[C@@H]2O[C@H](CO)[C@H](O)[C@H](O[C@]3(C(=O)O)C[C@H](O)[C@@H](NC(C)=O)[C@H]([C@H](O)[C@H](O)CO)O3)[C@H]2O)O[C@@H](C)[C@@H](O)[C@H]1O. The number of aliphatic hydroxyl groups excluding tert-OH is 14. The molecule has 0 radical (unpaired) electrons. The summed E-state index contributed by atoms with van der Waals surface area (Å²) in [7, 11) is 1.11. The van der Waals surface area contributed by atoms with E-state index >= 15 is 0 Å². The van der Waals surface area contributed by atoms with E-state index in [4.69, 9.17) is 47.4 Å². The Labute approximate surface area is 386 Å². The van der Waals surface area contributed by atoms with Crippen LogP contribution in [0.3, 0.4) is 0 Å². The highest BCUT2D eigenvalue weighted by atomic mass is 16.8. The number of methoxy groups -OCH3 is 1. The first kappa shape index (κ1) is 56.4. The van der Waals surface area contributed by atoms with Gasteiger partial charge in [0.25, 0.3) is 5.79 Å². The van der Waals surface area contributed by atoms with Gasteiger partial charge < -0.3 is 135 Å². The molecular formula is C38H64N2O28. The van der Waals surface area contributed by atoms with Gasteiger partial charge >= 0.3 is 5.97 Å². The minimum Gasteiger partial charge on any atom is -0.477 e. The number of hydrogen-bond acceptors (Lipinski definition) is 27. The zero-order valence-corrected chi connectivity index (χ0v) is 37.0. The van der Waals surface area contributed by atoms with E-state index in [1.807, 2.05) is 0 Å². The van der Waals surface area contributed by atoms with Crippen LogP contribution >= 0.6 is 0 Å². The summed E-state index contributed by atoms with van der Waals surface area (Å²) in [6, 6.07) is -3.41. The number of ether oxygens (including phenoxy) is 10. The fourth-order valence-electron chi connectivity index (χ4n) is 8.71. The van der Waals surface area contributed by atoms with Crippen molar-refractivity contribution in [1.82, 2.24) is 10.6 Å². The number of carbonyl (C=O) groups is 3. The van der Waals surface area contributed by atoms with Crippen LogP contribution in [0, 0.1) is 0 Å². The number of hydrogen-bond donors (Lipinski definition) is 17. The molecule has 0 aliphatic carbocycles. The molecule has 5 heterocycles. The number of carbonyl (C=O) groups excluding carboxylic acids is 2. The Morgan fingerprint density at radius 3 is 1.74 bits per heavy atom. The quantitative estimate of drug-likeness (QED) is 0.0606. The summed E-state index contributed by atoms with van der Waals surface area (Å²) in [5.41, 5.74) is 0. The monoisotopic (exact) mass is 996 g/mol. The van der Waals surface area contributed by atoms with Crippen molar-refractivity contribution in [3.8, 4) is 0 Å². The third-order valence-corrected chi connectivity index (χ3v) is 12.3. The molecule has 30 nitrogen and oxygen atoms in total. The van der Waals surface area contributed by atoms with Crippen LogP contribution in [0.15, 0.2) is 0 Å². The molecule has 30 heteroatoms. The maximum Gasteiger partial charge on any atom is 0.364 e. The van der Waals surface area contributed by atoms with Crippen molar-refractivity contribution in [1.29, 1.82) is 0 Å². The molecule has 5 aliphatic rings. The Bertz CT molecular complexity index is 1660. The first-order chi connectivity index (χ1) is 32.0. The van der Waals surface area contributed by atoms with E-state index in [0.717, 1.165) is 21.0 Å². The predicted octanol–water partition coefficient (Wildman–Crippen LogP) is -10.7. The fourth-order valence-corrected chi connectivity index (χ4v) is 8.71. The van der Waals surface area contributed by atoms with E-state index < -0.39 is 210 Å². The first-order valence-corrected chi connectivity index (χ1v) is 21.5. The van der Waals surface area contributed by atoms with Crippen LogP contribution in [0.1, 0.15) is 27.2 Å². The van der Waals surface area contributed by atoms with Gasteiger partial charge in [0.15, 0.2) is 25.2 Å². The summed E-state index contributed by atoms with van der Waals surface area (Å²) in [5.74, 6) is -6.91. The maximum atomic E-state index is 13.1. The molecule has 0 spiro atoms. The van der Waals surface area contributed by atoms with Crippen molar-refractivity contribution in [2.75, 3.05) is 33.5 Å². The number of carboxylic acids is 1. The van der Waals surface area contributed by atoms with Gasteiger partial charge in [-0.25, -0.2) is 4.79 Å². The van der Waals surface area contributed by atoms with Gasteiger partial charge in [-0.3, -0.25) is 9.59 Å². The standard InChI is InChI=1S/C38H64N2O28/c1-10-20(49)24(53)32(59-4)36(60-10)65-29-19(40-12(3)46)34(66-30-22(51)15(7-42)61-33(56)25(30)54)63-17(9-44)27(29)64-35-26(55)31(23(52)16(8-43)62-35)68-38(37(57)58)5-13(47)18(39-11(2)45)28(67-38)21(50)14(48)6-41/h10,13-36,41-44,47-56H,5-9H2,1-4H3,(H,39,45)(H,40,46)(H,57,58)/t10-,13-,14+,15+,16+,17+,18+,19-,20+,21+,22-,23-,24+,25+,26+,27+,28+,29+,30-,31-,32-,33+,34-,35-,36-,38-/m0/s1. The van der Waals surface area contributed by atoms with Crippen LogP contribution in [0.2, 0.25) is 0 Å². The van der Waals surface area contributed by atoms with Gasteiger partial charge in [-0.15, -0.1) is 0 Å². The summed E-state index contributed by atoms with van der Waals surface area (Å²) < 4.78 is 57.8. The van der Waals surface area contributed by atoms with Crippen molar-refractivity contribution >= 4 is 17.8 Å². The van der Waals surface area contributed by atoms with Crippen molar-refractivity contribution in [2.45, 2.75) is 186 Å². The lowest BCUT2D eigenvalue weighted by molar-refractivity contribution is -0.396. The molecule has 0 aromatic carbocycles. The highest BCUT2D eigenvalue weighted by Crippen LogP contribution is 2.40. The lowest BCUT2D eigenvalue weighted by Gasteiger charge is -2.52. The maximum absolute atomic E-state index is 13.1. The molecule has 26 atom stereocenters. The second kappa shape index (κ2) is 23.8. The smallest absolute Gasteiger partial charge is 0.364 e. The third-order valence-electron chi connectivity index (χ3n) is 12.3. The minimum atomic E-state index is -3.19. The van der Waals surface area contributed by atoms with Crippen LogP contribution < -0.4 is 10.6 Å². The highest BCUT2D eigenvalue weighted by molar-refractivity contribution is 5.76. The van der Waals surface area contributed by atoms with E-state index in [1.54, 1.807) is 0 Å². The summed E-state index contributed by atoms with van der Waals surface area (Å²) in [5, 5.41) is 165. The van der Waals surface area contributed by atoms with Crippen LogP contribution in [-0.2, 0) is 61.8 Å². The summed E-state index contributed by atoms with van der Waals surface area (Å²) in [6.45, 7) is -0.835. The molecular weight excluding hydrogens is 932 g/mol. The van der Waals surface area contributed by atoms with Gasteiger partial charge in [0.05, 0.1) is 44.7 Å². The summed E-state index contributed by atoms with van der Waals surface area (Å²) in [6.07, 6.45) is -45.0. The zero-order valence-electron chi connectivity index (χ0n) is 37.0. The van der Waals surface area contributed by atoms with Crippen LogP contribution in [0.4, 0.5) is 0 Å². The third kappa shape index (κ3) is 11.9. The van der Waals surface area contributed by atoms with Gasteiger partial charge in [0, 0.05) is 27.4 Å². The van der Waals surface area contributed by atoms with Crippen molar-refractivity contribution in [3.05, 3.63) is 0 Å². The van der Waals surface area contributed by atoms with Gasteiger partial charge in [-0.2, -0.15) is 0 Å². The lowest BCUT2D eigenvalue weighted by Crippen LogP contribution is -2.72. The number of carboxylic acid groups (broad SMARTS) is 1. The molecule has 5 fully saturated rings.